The molecule has 5 atom stereocenters. The first-order valence-electron chi connectivity index (χ1n) is 41.7. The standard InChI is InChI=1S/C89H148O17P2/c1-5-9-13-17-21-25-29-33-37-39-41-43-47-49-53-57-61-65-69-73-86(91)99-79-84(105-88(93)75-71-67-63-59-55-51-45-35-31-27-23-19-15-11-7-3)81-103-107(95,96)101-77-83(90)78-102-108(97,98)104-82-85(106-89(94)76-72-68-64-60-56-52-46-36-32-28-24-20-16-12-8-4)80-100-87(92)74-70-66-62-58-54-50-48-44-42-40-38-34-30-26-22-18-14-10-6-2/h9-10,13-14,21-28,33-38,41-46,49,53,83-85,90H,5-8,11-12,15-20,29-32,39-40,47-48,50-52,54-82H2,1-4H3,(H,95,96)(H,97,98)/b13-9-,14-10-,25-21-,26-22-,27-23-,28-24-,37-33-,38-34-,43-41-,44-42-,45-35-,46-36-,53-49-. The number of hydrogen-bond donors (Lipinski definition) is 3. The summed E-state index contributed by atoms with van der Waals surface area (Å²) in [6.45, 7) is 4.52. The van der Waals surface area contributed by atoms with Gasteiger partial charge in [0.1, 0.15) is 19.3 Å². The highest BCUT2D eigenvalue weighted by molar-refractivity contribution is 7.47. The van der Waals surface area contributed by atoms with E-state index in [1.54, 1.807) is 0 Å². The molecule has 0 saturated carbocycles. The monoisotopic (exact) mass is 1550 g/mol. The SMILES string of the molecule is CC/C=C\C/C=C\C/C=C\C/C=C\C/C=C\CCCCCC(=O)OCC(COP(=O)(O)OCC(O)COP(=O)(O)OCC(COC(=O)CCCCCCCC/C=C\C/C=C\C/C=C\C/C=C\CC)OC(=O)CCCCCCC/C=C\C/C=C\CCCCC)OC(=O)CCCCCCC/C=C\C/C=C\CCCCC. The van der Waals surface area contributed by atoms with Gasteiger partial charge in [-0.15, -0.1) is 0 Å². The fraction of sp³-hybridized carbons (Fsp3) is 0.663. The van der Waals surface area contributed by atoms with Crippen molar-refractivity contribution in [2.45, 2.75) is 341 Å². The number of unbranched alkanes of at least 4 members (excludes halogenated alkanes) is 25. The van der Waals surface area contributed by atoms with Gasteiger partial charge in [-0.05, 0) is 173 Å². The smallest absolute Gasteiger partial charge is 0.462 e. The van der Waals surface area contributed by atoms with Gasteiger partial charge in [-0.2, -0.15) is 0 Å². The quantitative estimate of drug-likeness (QED) is 0.0169. The number of hydrogen-bond acceptors (Lipinski definition) is 15. The molecule has 0 saturated heterocycles. The highest BCUT2D eigenvalue weighted by atomic mass is 31.2. The van der Waals surface area contributed by atoms with Crippen LogP contribution in [-0.2, 0) is 65.4 Å². The van der Waals surface area contributed by atoms with E-state index >= 15 is 0 Å². The molecule has 0 heterocycles. The Labute approximate surface area is 655 Å². The third-order valence-electron chi connectivity index (χ3n) is 17.0. The molecular formula is C89H148O17P2. The summed E-state index contributed by atoms with van der Waals surface area (Å²) in [6, 6.07) is 0. The number of allylic oxidation sites excluding steroid dienone is 26. The summed E-state index contributed by atoms with van der Waals surface area (Å²) in [5, 5.41) is 10.7. The van der Waals surface area contributed by atoms with Crippen LogP contribution in [0.3, 0.4) is 0 Å². The molecule has 0 aliphatic heterocycles. The van der Waals surface area contributed by atoms with Crippen molar-refractivity contribution in [2.75, 3.05) is 39.6 Å². The largest absolute Gasteiger partial charge is 0.472 e. The van der Waals surface area contributed by atoms with E-state index in [-0.39, 0.29) is 25.7 Å². The Kier molecular flexibility index (Phi) is 75.8. The van der Waals surface area contributed by atoms with E-state index in [9.17, 15) is 43.2 Å². The summed E-state index contributed by atoms with van der Waals surface area (Å²) in [7, 11) is -10.00. The molecule has 5 unspecified atom stereocenters. The topological polar surface area (TPSA) is 237 Å². The molecule has 0 amide bonds. The lowest BCUT2D eigenvalue weighted by atomic mass is 10.1. The Bertz CT molecular complexity index is 2660. The van der Waals surface area contributed by atoms with Gasteiger partial charge in [0.2, 0.25) is 0 Å². The van der Waals surface area contributed by atoms with Crippen molar-refractivity contribution in [3.05, 3.63) is 158 Å². The molecule has 0 rings (SSSR count). The summed E-state index contributed by atoms with van der Waals surface area (Å²) >= 11 is 0. The molecule has 0 radical (unpaired) electrons. The van der Waals surface area contributed by atoms with Crippen LogP contribution in [0.1, 0.15) is 323 Å². The van der Waals surface area contributed by atoms with Crippen LogP contribution in [0.5, 0.6) is 0 Å². The van der Waals surface area contributed by atoms with Crippen molar-refractivity contribution >= 4 is 39.5 Å². The maximum absolute atomic E-state index is 13.1. The number of rotatable bonds is 77. The summed E-state index contributed by atoms with van der Waals surface area (Å²) in [4.78, 5) is 73.2. The normalized spacial score (nSPS) is 14.6. The number of phosphoric acid groups is 2. The molecular weight excluding hydrogens is 1400 g/mol. The van der Waals surface area contributed by atoms with Crippen molar-refractivity contribution in [1.82, 2.24) is 0 Å². The van der Waals surface area contributed by atoms with Crippen LogP contribution < -0.4 is 0 Å². The van der Waals surface area contributed by atoms with Crippen molar-refractivity contribution in [3.8, 4) is 0 Å². The third-order valence-corrected chi connectivity index (χ3v) is 18.9. The van der Waals surface area contributed by atoms with Gasteiger partial charge >= 0.3 is 39.5 Å². The van der Waals surface area contributed by atoms with Gasteiger partial charge in [0.25, 0.3) is 0 Å². The lowest BCUT2D eigenvalue weighted by Crippen LogP contribution is -2.30. The highest BCUT2D eigenvalue weighted by Crippen LogP contribution is 2.45. The van der Waals surface area contributed by atoms with Crippen molar-refractivity contribution < 1.29 is 80.2 Å². The lowest BCUT2D eigenvalue weighted by molar-refractivity contribution is -0.161. The molecule has 0 aliphatic carbocycles. The van der Waals surface area contributed by atoms with E-state index < -0.39 is 97.5 Å². The molecule has 19 heteroatoms. The van der Waals surface area contributed by atoms with Crippen LogP contribution in [0.25, 0.3) is 0 Å². The van der Waals surface area contributed by atoms with E-state index in [1.807, 2.05) is 0 Å². The zero-order valence-corrected chi connectivity index (χ0v) is 69.3. The summed E-state index contributed by atoms with van der Waals surface area (Å²) < 4.78 is 68.7. The van der Waals surface area contributed by atoms with E-state index in [0.29, 0.717) is 25.7 Å². The fourth-order valence-corrected chi connectivity index (χ4v) is 12.2. The van der Waals surface area contributed by atoms with Crippen LogP contribution in [-0.4, -0.2) is 96.7 Å². The minimum Gasteiger partial charge on any atom is -0.462 e. The van der Waals surface area contributed by atoms with E-state index in [4.69, 9.17) is 37.0 Å². The molecule has 0 aromatic carbocycles. The number of carbonyl (C=O) groups is 4. The first-order chi connectivity index (χ1) is 52.7. The van der Waals surface area contributed by atoms with Crippen LogP contribution in [0.15, 0.2) is 158 Å². The number of carbonyl (C=O) groups excluding carboxylic acids is 4. The first-order valence-corrected chi connectivity index (χ1v) is 44.7. The van der Waals surface area contributed by atoms with E-state index in [1.165, 1.54) is 38.5 Å². The van der Waals surface area contributed by atoms with Gasteiger partial charge < -0.3 is 33.8 Å². The number of aliphatic hydroxyl groups excluding tert-OH is 1. The molecule has 0 aromatic heterocycles. The Morgan fingerprint density at radius 3 is 0.750 bits per heavy atom. The highest BCUT2D eigenvalue weighted by Gasteiger charge is 2.30. The van der Waals surface area contributed by atoms with Crippen LogP contribution >= 0.6 is 15.6 Å². The lowest BCUT2D eigenvalue weighted by Gasteiger charge is -2.21. The van der Waals surface area contributed by atoms with Gasteiger partial charge in [-0.3, -0.25) is 37.3 Å². The Morgan fingerprint density at radius 2 is 0.481 bits per heavy atom. The number of ether oxygens (including phenoxy) is 4. The van der Waals surface area contributed by atoms with Gasteiger partial charge in [0.05, 0.1) is 26.4 Å². The van der Waals surface area contributed by atoms with Crippen molar-refractivity contribution in [2.24, 2.45) is 0 Å². The van der Waals surface area contributed by atoms with Gasteiger partial charge in [-0.25, -0.2) is 9.13 Å². The Hall–Kier alpha value is -5.32. The molecule has 108 heavy (non-hydrogen) atoms. The maximum atomic E-state index is 13.1. The van der Waals surface area contributed by atoms with Gasteiger partial charge in [0, 0.05) is 25.7 Å². The molecule has 3 N–H and O–H groups in total. The first kappa shape index (κ1) is 103. The van der Waals surface area contributed by atoms with E-state index in [0.717, 1.165) is 205 Å². The van der Waals surface area contributed by atoms with Crippen LogP contribution in [0.4, 0.5) is 0 Å². The molecule has 17 nitrogen and oxygen atoms in total. The average Bonchev–Trinajstić information content (AvgIpc) is 0.923. The minimum atomic E-state index is -5.00. The molecule has 0 bridgehead atoms. The van der Waals surface area contributed by atoms with E-state index in [2.05, 4.69) is 186 Å². The number of aliphatic hydroxyl groups is 1. The molecule has 0 aliphatic rings. The predicted octanol–water partition coefficient (Wildman–Crippen LogP) is 24.8. The van der Waals surface area contributed by atoms with Crippen molar-refractivity contribution in [3.63, 3.8) is 0 Å². The summed E-state index contributed by atoms with van der Waals surface area (Å²) in [5.74, 6) is -2.26. The molecule has 0 fully saturated rings. The molecule has 616 valence electrons. The van der Waals surface area contributed by atoms with Gasteiger partial charge in [0.15, 0.2) is 12.2 Å². The zero-order chi connectivity index (χ0) is 78.9. The Morgan fingerprint density at radius 1 is 0.269 bits per heavy atom. The summed E-state index contributed by atoms with van der Waals surface area (Å²) in [5.41, 5.74) is 0. The van der Waals surface area contributed by atoms with Crippen LogP contribution in [0.2, 0.25) is 0 Å². The zero-order valence-electron chi connectivity index (χ0n) is 67.5. The Balaban J connectivity index is 5.44. The fourth-order valence-electron chi connectivity index (χ4n) is 10.7. The molecule has 0 spiro atoms. The van der Waals surface area contributed by atoms with Crippen LogP contribution in [0, 0.1) is 0 Å². The predicted molar refractivity (Wildman–Crippen MR) is 445 cm³/mol. The number of phosphoric ester groups is 2. The minimum absolute atomic E-state index is 0.0663. The second-order valence-corrected chi connectivity index (χ2v) is 30.2. The molecule has 0 aromatic rings. The maximum Gasteiger partial charge on any atom is 0.472 e. The second kappa shape index (κ2) is 79.8. The average molecular weight is 1550 g/mol. The summed E-state index contributed by atoms with van der Waals surface area (Å²) in [6.07, 6.45) is 93.5. The van der Waals surface area contributed by atoms with Gasteiger partial charge in [-0.1, -0.05) is 282 Å². The van der Waals surface area contributed by atoms with Crippen molar-refractivity contribution in [1.29, 1.82) is 0 Å². The second-order valence-electron chi connectivity index (χ2n) is 27.3. The third kappa shape index (κ3) is 78.8. The number of esters is 4.